The highest BCUT2D eigenvalue weighted by atomic mass is 15.1. The third-order valence-electron chi connectivity index (χ3n) is 3.25. The maximum atomic E-state index is 5.79. The molecule has 0 fully saturated rings. The zero-order valence-corrected chi connectivity index (χ0v) is 11.2. The normalized spacial score (nSPS) is 18.0. The van der Waals surface area contributed by atoms with Crippen molar-refractivity contribution in [2.45, 2.75) is 13.0 Å². The lowest BCUT2D eigenvalue weighted by Gasteiger charge is -2.14. The first-order valence-corrected chi connectivity index (χ1v) is 6.18. The Balaban J connectivity index is 2.29. The minimum Gasteiger partial charge on any atom is -0.378 e. The zero-order valence-electron chi connectivity index (χ0n) is 11.2. The smallest absolute Gasteiger partial charge is 0.0416 e. The van der Waals surface area contributed by atoms with Gasteiger partial charge in [0.25, 0.3) is 0 Å². The third kappa shape index (κ3) is 2.71. The molecule has 0 bridgehead atoms. The van der Waals surface area contributed by atoms with Crippen LogP contribution in [0, 0.1) is 0 Å². The fraction of sp³-hybridized carbons (Fsp3) is 0.250. The number of nitrogens with zero attached hydrogens (tertiary/aromatic N) is 1. The number of hydrogen-bond donors (Lipinski definition) is 1. The van der Waals surface area contributed by atoms with E-state index in [9.17, 15) is 0 Å². The van der Waals surface area contributed by atoms with Crippen LogP contribution in [0.1, 0.15) is 12.5 Å². The Morgan fingerprint density at radius 3 is 2.11 bits per heavy atom. The minimum atomic E-state index is 0.0534. The predicted octanol–water partition coefficient (Wildman–Crippen LogP) is 2.98. The molecule has 94 valence electrons. The molecule has 0 heterocycles. The minimum absolute atomic E-state index is 0.0534. The molecule has 2 rings (SSSR count). The van der Waals surface area contributed by atoms with Gasteiger partial charge in [0.1, 0.15) is 0 Å². The van der Waals surface area contributed by atoms with Crippen LogP contribution in [0.3, 0.4) is 0 Å². The van der Waals surface area contributed by atoms with Gasteiger partial charge in [-0.25, -0.2) is 0 Å². The second-order valence-electron chi connectivity index (χ2n) is 4.82. The molecule has 2 heteroatoms. The molecular weight excluding hydrogens is 220 g/mol. The molecular formula is C16H20N2. The van der Waals surface area contributed by atoms with Crippen LogP contribution < -0.4 is 10.6 Å². The summed E-state index contributed by atoms with van der Waals surface area (Å²) < 4.78 is 0. The van der Waals surface area contributed by atoms with Crippen LogP contribution in [0.25, 0.3) is 5.57 Å². The molecule has 0 amide bonds. The lowest BCUT2D eigenvalue weighted by atomic mass is 9.97. The average Bonchev–Trinajstić information content (AvgIpc) is 2.39. The van der Waals surface area contributed by atoms with E-state index in [1.165, 1.54) is 22.4 Å². The molecule has 0 atom stereocenters. The van der Waals surface area contributed by atoms with Gasteiger partial charge in [-0.15, -0.1) is 0 Å². The quantitative estimate of drug-likeness (QED) is 0.861. The van der Waals surface area contributed by atoms with Crippen LogP contribution in [0.2, 0.25) is 0 Å². The molecule has 0 aliphatic heterocycles. The van der Waals surface area contributed by atoms with E-state index >= 15 is 0 Å². The van der Waals surface area contributed by atoms with E-state index in [2.05, 4.69) is 48.2 Å². The summed E-state index contributed by atoms with van der Waals surface area (Å²) in [5.41, 5.74) is 10.8. The third-order valence-corrected chi connectivity index (χ3v) is 3.25. The van der Waals surface area contributed by atoms with Gasteiger partial charge in [0.2, 0.25) is 0 Å². The van der Waals surface area contributed by atoms with Gasteiger partial charge in [-0.1, -0.05) is 36.4 Å². The Bertz CT molecular complexity index is 488. The van der Waals surface area contributed by atoms with E-state index in [1.54, 1.807) is 0 Å². The highest BCUT2D eigenvalue weighted by Gasteiger charge is 2.05. The largest absolute Gasteiger partial charge is 0.378 e. The summed E-state index contributed by atoms with van der Waals surface area (Å²) in [6.45, 7) is 2.14. The van der Waals surface area contributed by atoms with Gasteiger partial charge in [0.05, 0.1) is 0 Å². The average molecular weight is 240 g/mol. The lowest BCUT2D eigenvalue weighted by Crippen LogP contribution is -2.14. The summed E-state index contributed by atoms with van der Waals surface area (Å²) in [4.78, 5) is 2.10. The predicted molar refractivity (Wildman–Crippen MR) is 79.6 cm³/mol. The highest BCUT2D eigenvalue weighted by molar-refractivity contribution is 5.73. The van der Waals surface area contributed by atoms with E-state index < -0.39 is 0 Å². The number of anilines is 1. The highest BCUT2D eigenvalue weighted by Crippen LogP contribution is 2.24. The second kappa shape index (κ2) is 5.23. The number of rotatable bonds is 2. The zero-order chi connectivity index (χ0) is 13.1. The molecule has 2 nitrogen and oxygen atoms in total. The first-order chi connectivity index (χ1) is 8.58. The summed E-state index contributed by atoms with van der Waals surface area (Å²) in [6.07, 6.45) is 8.24. The number of hydrogen-bond acceptors (Lipinski definition) is 2. The van der Waals surface area contributed by atoms with Crippen molar-refractivity contribution in [3.63, 3.8) is 0 Å². The molecule has 1 aliphatic carbocycles. The van der Waals surface area contributed by atoms with Gasteiger partial charge in [-0.3, -0.25) is 0 Å². The molecule has 1 aliphatic rings. The monoisotopic (exact) mass is 240 g/mol. The van der Waals surface area contributed by atoms with Crippen LogP contribution >= 0.6 is 0 Å². The van der Waals surface area contributed by atoms with Gasteiger partial charge in [0, 0.05) is 25.8 Å². The van der Waals surface area contributed by atoms with E-state index in [4.69, 9.17) is 5.73 Å². The Labute approximate surface area is 109 Å². The summed E-state index contributed by atoms with van der Waals surface area (Å²) >= 11 is 0. The lowest BCUT2D eigenvalue weighted by molar-refractivity contribution is 1.02. The molecule has 0 aromatic heterocycles. The Morgan fingerprint density at radius 1 is 1.06 bits per heavy atom. The first kappa shape index (κ1) is 12.7. The SMILES string of the molecule is CC(=C1C=CC(N)C=C1)c1ccc(N(C)C)cc1. The summed E-state index contributed by atoms with van der Waals surface area (Å²) in [7, 11) is 4.10. The van der Waals surface area contributed by atoms with Crippen LogP contribution in [-0.4, -0.2) is 20.1 Å². The van der Waals surface area contributed by atoms with Crippen molar-refractivity contribution in [1.82, 2.24) is 0 Å². The van der Waals surface area contributed by atoms with Crippen molar-refractivity contribution >= 4 is 11.3 Å². The van der Waals surface area contributed by atoms with Gasteiger partial charge >= 0.3 is 0 Å². The molecule has 0 unspecified atom stereocenters. The summed E-state index contributed by atoms with van der Waals surface area (Å²) in [5.74, 6) is 0. The fourth-order valence-electron chi connectivity index (χ4n) is 1.98. The Kier molecular flexibility index (Phi) is 3.68. The number of allylic oxidation sites excluding steroid dienone is 4. The first-order valence-electron chi connectivity index (χ1n) is 6.18. The van der Waals surface area contributed by atoms with Gasteiger partial charge < -0.3 is 10.6 Å². The fourth-order valence-corrected chi connectivity index (χ4v) is 1.98. The molecule has 1 aromatic rings. The van der Waals surface area contributed by atoms with Crippen LogP contribution in [0.15, 0.2) is 54.1 Å². The van der Waals surface area contributed by atoms with Crippen molar-refractivity contribution in [2.75, 3.05) is 19.0 Å². The Hall–Kier alpha value is -1.80. The van der Waals surface area contributed by atoms with E-state index in [0.29, 0.717) is 0 Å². The van der Waals surface area contributed by atoms with E-state index in [1.807, 2.05) is 26.2 Å². The number of nitrogens with two attached hydrogens (primary N) is 1. The molecule has 0 saturated carbocycles. The summed E-state index contributed by atoms with van der Waals surface area (Å²) in [5, 5.41) is 0. The van der Waals surface area contributed by atoms with E-state index in [0.717, 1.165) is 0 Å². The molecule has 2 N–H and O–H groups in total. The molecule has 1 aromatic carbocycles. The maximum Gasteiger partial charge on any atom is 0.0416 e. The van der Waals surface area contributed by atoms with Crippen molar-refractivity contribution in [3.05, 3.63) is 59.7 Å². The van der Waals surface area contributed by atoms with Gasteiger partial charge in [-0.05, 0) is 35.8 Å². The number of benzene rings is 1. The van der Waals surface area contributed by atoms with Crippen molar-refractivity contribution in [3.8, 4) is 0 Å². The maximum absolute atomic E-state index is 5.79. The van der Waals surface area contributed by atoms with Crippen molar-refractivity contribution < 1.29 is 0 Å². The molecule has 18 heavy (non-hydrogen) atoms. The molecule has 0 spiro atoms. The van der Waals surface area contributed by atoms with E-state index in [-0.39, 0.29) is 6.04 Å². The van der Waals surface area contributed by atoms with Crippen molar-refractivity contribution in [1.29, 1.82) is 0 Å². The van der Waals surface area contributed by atoms with Crippen LogP contribution in [-0.2, 0) is 0 Å². The topological polar surface area (TPSA) is 29.3 Å². The van der Waals surface area contributed by atoms with Gasteiger partial charge in [-0.2, -0.15) is 0 Å². The molecule has 0 saturated heterocycles. The standard InChI is InChI=1S/C16H20N2/c1-12(13-4-8-15(17)9-5-13)14-6-10-16(11-7-14)18(2)3/h4-11,15H,17H2,1-3H3. The van der Waals surface area contributed by atoms with Gasteiger partial charge in [0.15, 0.2) is 0 Å². The Morgan fingerprint density at radius 2 is 1.61 bits per heavy atom. The molecule has 0 radical (unpaired) electrons. The summed E-state index contributed by atoms with van der Waals surface area (Å²) in [6, 6.07) is 8.66. The van der Waals surface area contributed by atoms with Crippen LogP contribution in [0.4, 0.5) is 5.69 Å². The van der Waals surface area contributed by atoms with Crippen LogP contribution in [0.5, 0.6) is 0 Å². The van der Waals surface area contributed by atoms with Crippen molar-refractivity contribution in [2.24, 2.45) is 5.73 Å². The second-order valence-corrected chi connectivity index (χ2v) is 4.82.